The molecule has 0 bridgehead atoms. The molecule has 0 unspecified atom stereocenters. The number of aliphatic hydroxyl groups is 1. The number of rotatable bonds is 14. The molecule has 51 heavy (non-hydrogen) atoms. The van der Waals surface area contributed by atoms with Crippen molar-refractivity contribution in [1.82, 2.24) is 9.88 Å². The monoisotopic (exact) mass is 701 g/mol. The van der Waals surface area contributed by atoms with Gasteiger partial charge in [0.1, 0.15) is 12.4 Å². The van der Waals surface area contributed by atoms with Gasteiger partial charge < -0.3 is 19.7 Å². The highest BCUT2D eigenvalue weighted by atomic mass is 32.2. The van der Waals surface area contributed by atoms with E-state index in [2.05, 4.69) is 70.5 Å². The standard InChI is InChI=1S/C43H47N3O4S/c1-51(48,49)46(31-33-14-7-3-8-15-33)37-19-11-18-36(26-37)43(47)29-44-24-25-50-38-21-23-40-39-22-20-35(34-16-9-4-10-17-34)27-41(39)45(42(40)28-38)30-32-12-5-2-6-13-32/h2-3,5-8,11-15,18-23,26-28,34,43-44,47H,4,9-10,16-17,24-25,29-31H2,1H3/t43-/m0/s1. The first-order valence-corrected chi connectivity index (χ1v) is 19.9. The quantitative estimate of drug-likeness (QED) is 0.111. The van der Waals surface area contributed by atoms with Crippen molar-refractivity contribution >= 4 is 37.5 Å². The topological polar surface area (TPSA) is 83.8 Å². The van der Waals surface area contributed by atoms with Crippen LogP contribution in [-0.2, 0) is 23.1 Å². The van der Waals surface area contributed by atoms with Crippen LogP contribution in [-0.4, -0.2) is 44.0 Å². The molecule has 7 nitrogen and oxygen atoms in total. The number of hydrogen-bond donors (Lipinski definition) is 2. The lowest BCUT2D eigenvalue weighted by atomic mass is 9.84. The number of hydrogen-bond acceptors (Lipinski definition) is 5. The average Bonchev–Trinajstić information content (AvgIpc) is 3.46. The van der Waals surface area contributed by atoms with Crippen LogP contribution in [0.1, 0.15) is 66.4 Å². The molecule has 1 aliphatic rings. The van der Waals surface area contributed by atoms with Crippen molar-refractivity contribution in [2.45, 2.75) is 57.2 Å². The third kappa shape index (κ3) is 8.30. The van der Waals surface area contributed by atoms with Gasteiger partial charge in [0.05, 0.1) is 30.1 Å². The minimum absolute atomic E-state index is 0.217. The Hall–Kier alpha value is -4.63. The lowest BCUT2D eigenvalue weighted by Gasteiger charge is -2.24. The molecule has 0 spiro atoms. The second-order valence-electron chi connectivity index (χ2n) is 13.8. The summed E-state index contributed by atoms with van der Waals surface area (Å²) in [6.07, 6.45) is 6.92. The molecule has 1 heterocycles. The first-order chi connectivity index (χ1) is 24.8. The van der Waals surface area contributed by atoms with Crippen LogP contribution in [0.2, 0.25) is 0 Å². The summed E-state index contributed by atoms with van der Waals surface area (Å²) in [5, 5.41) is 16.8. The van der Waals surface area contributed by atoms with Gasteiger partial charge in [-0.25, -0.2) is 8.42 Å². The number of anilines is 1. The summed E-state index contributed by atoms with van der Waals surface area (Å²) in [5.41, 5.74) is 7.20. The maximum atomic E-state index is 12.7. The molecule has 7 rings (SSSR count). The van der Waals surface area contributed by atoms with E-state index in [9.17, 15) is 13.5 Å². The molecule has 0 saturated heterocycles. The predicted molar refractivity (Wildman–Crippen MR) is 208 cm³/mol. The molecule has 1 atom stereocenters. The Bertz CT molecular complexity index is 2180. The van der Waals surface area contributed by atoms with Gasteiger partial charge in [0.25, 0.3) is 0 Å². The molecule has 1 aliphatic carbocycles. The molecule has 1 saturated carbocycles. The number of sulfonamides is 1. The number of nitrogens with zero attached hydrogens (tertiary/aromatic N) is 2. The highest BCUT2D eigenvalue weighted by Crippen LogP contribution is 2.38. The molecular weight excluding hydrogens is 655 g/mol. The number of benzene rings is 5. The third-order valence-electron chi connectivity index (χ3n) is 10.1. The second kappa shape index (κ2) is 15.7. The van der Waals surface area contributed by atoms with Crippen LogP contribution in [0, 0.1) is 0 Å². The van der Waals surface area contributed by atoms with Gasteiger partial charge in [-0.1, -0.05) is 104 Å². The summed E-state index contributed by atoms with van der Waals surface area (Å²) in [6.45, 7) is 2.28. The fourth-order valence-electron chi connectivity index (χ4n) is 7.44. The van der Waals surface area contributed by atoms with Crippen LogP contribution in [0.4, 0.5) is 5.69 Å². The lowest BCUT2D eigenvalue weighted by Crippen LogP contribution is -2.29. The maximum absolute atomic E-state index is 12.7. The number of fused-ring (bicyclic) bond motifs is 3. The van der Waals surface area contributed by atoms with Gasteiger partial charge in [-0.05, 0) is 71.3 Å². The summed E-state index contributed by atoms with van der Waals surface area (Å²) in [6, 6.07) is 40.7. The van der Waals surface area contributed by atoms with Crippen molar-refractivity contribution in [2.24, 2.45) is 0 Å². The Morgan fingerprint density at radius 2 is 1.49 bits per heavy atom. The fraction of sp³-hybridized carbons (Fsp3) is 0.302. The number of aliphatic hydroxyl groups excluding tert-OH is 1. The van der Waals surface area contributed by atoms with Crippen LogP contribution in [0.25, 0.3) is 21.8 Å². The highest BCUT2D eigenvalue weighted by molar-refractivity contribution is 7.92. The zero-order chi connectivity index (χ0) is 35.2. The molecule has 8 heteroatoms. The molecule has 0 amide bonds. The molecule has 0 aliphatic heterocycles. The van der Waals surface area contributed by atoms with E-state index in [0.29, 0.717) is 36.9 Å². The van der Waals surface area contributed by atoms with Crippen LogP contribution in [0.15, 0.2) is 121 Å². The molecule has 2 N–H and O–H groups in total. The number of aromatic nitrogens is 1. The van der Waals surface area contributed by atoms with E-state index in [0.717, 1.165) is 23.4 Å². The number of ether oxygens (including phenoxy) is 1. The van der Waals surface area contributed by atoms with Crippen LogP contribution in [0.5, 0.6) is 5.75 Å². The highest BCUT2D eigenvalue weighted by Gasteiger charge is 2.21. The van der Waals surface area contributed by atoms with Crippen molar-refractivity contribution in [3.63, 3.8) is 0 Å². The maximum Gasteiger partial charge on any atom is 0.232 e. The smallest absolute Gasteiger partial charge is 0.232 e. The van der Waals surface area contributed by atoms with Gasteiger partial charge in [-0.3, -0.25) is 4.31 Å². The Balaban J connectivity index is 1.02. The minimum atomic E-state index is -3.54. The van der Waals surface area contributed by atoms with Crippen molar-refractivity contribution in [2.75, 3.05) is 30.3 Å². The Morgan fingerprint density at radius 3 is 2.22 bits per heavy atom. The van der Waals surface area contributed by atoms with E-state index in [4.69, 9.17) is 4.74 Å². The second-order valence-corrected chi connectivity index (χ2v) is 15.7. The average molecular weight is 702 g/mol. The zero-order valence-corrected chi connectivity index (χ0v) is 30.1. The third-order valence-corrected chi connectivity index (χ3v) is 11.3. The fourth-order valence-corrected chi connectivity index (χ4v) is 8.32. The summed E-state index contributed by atoms with van der Waals surface area (Å²) >= 11 is 0. The van der Waals surface area contributed by atoms with Gasteiger partial charge >= 0.3 is 0 Å². The Labute approximate surface area is 301 Å². The minimum Gasteiger partial charge on any atom is -0.492 e. The SMILES string of the molecule is CS(=O)(=O)N(Cc1ccccc1)c1cccc([C@@H](O)CNCCOc2ccc3c4ccc(C5CCCCC5)cc4n(Cc4ccccc4)c3c2)c1. The van der Waals surface area contributed by atoms with Gasteiger partial charge in [-0.2, -0.15) is 0 Å². The van der Waals surface area contributed by atoms with Crippen LogP contribution < -0.4 is 14.4 Å². The Morgan fingerprint density at radius 1 is 0.804 bits per heavy atom. The summed E-state index contributed by atoms with van der Waals surface area (Å²) < 4.78 is 35.5. The number of nitrogens with one attached hydrogen (secondary N) is 1. The van der Waals surface area contributed by atoms with Crippen molar-refractivity contribution in [1.29, 1.82) is 0 Å². The molecule has 5 aromatic carbocycles. The van der Waals surface area contributed by atoms with Crippen molar-refractivity contribution < 1.29 is 18.3 Å². The first kappa shape index (κ1) is 34.8. The van der Waals surface area contributed by atoms with E-state index >= 15 is 0 Å². The molecule has 0 radical (unpaired) electrons. The van der Waals surface area contributed by atoms with Gasteiger partial charge in [0, 0.05) is 42.0 Å². The van der Waals surface area contributed by atoms with Gasteiger partial charge in [-0.15, -0.1) is 0 Å². The zero-order valence-electron chi connectivity index (χ0n) is 29.2. The van der Waals surface area contributed by atoms with Crippen molar-refractivity contribution in [3.05, 3.63) is 144 Å². The summed E-state index contributed by atoms with van der Waals surface area (Å²) in [5.74, 6) is 1.45. The normalized spacial score (nSPS) is 14.5. The molecular formula is C43H47N3O4S. The summed E-state index contributed by atoms with van der Waals surface area (Å²) in [7, 11) is -3.54. The van der Waals surface area contributed by atoms with Gasteiger partial charge in [0.2, 0.25) is 10.0 Å². The predicted octanol–water partition coefficient (Wildman–Crippen LogP) is 8.56. The van der Waals surface area contributed by atoms with E-state index in [1.807, 2.05) is 42.5 Å². The largest absolute Gasteiger partial charge is 0.492 e. The van der Waals surface area contributed by atoms with Crippen LogP contribution in [0.3, 0.4) is 0 Å². The van der Waals surface area contributed by atoms with E-state index in [1.54, 1.807) is 18.2 Å². The molecule has 6 aromatic rings. The van der Waals surface area contributed by atoms with E-state index < -0.39 is 16.1 Å². The summed E-state index contributed by atoms with van der Waals surface area (Å²) in [4.78, 5) is 0. The van der Waals surface area contributed by atoms with Gasteiger partial charge in [0.15, 0.2) is 0 Å². The molecule has 1 fully saturated rings. The lowest BCUT2D eigenvalue weighted by molar-refractivity contribution is 0.172. The molecule has 264 valence electrons. The first-order valence-electron chi connectivity index (χ1n) is 18.1. The molecule has 1 aromatic heterocycles. The Kier molecular flexibility index (Phi) is 10.7. The van der Waals surface area contributed by atoms with E-state index in [-0.39, 0.29) is 6.54 Å². The van der Waals surface area contributed by atoms with Crippen molar-refractivity contribution in [3.8, 4) is 5.75 Å². The van der Waals surface area contributed by atoms with E-state index in [1.165, 1.54) is 70.1 Å². The van der Waals surface area contributed by atoms with Crippen LogP contribution >= 0.6 is 0 Å².